The van der Waals surface area contributed by atoms with Crippen LogP contribution < -0.4 is 0 Å². The zero-order chi connectivity index (χ0) is 16.9. The van der Waals surface area contributed by atoms with Gasteiger partial charge in [-0.15, -0.1) is 0 Å². The van der Waals surface area contributed by atoms with Crippen LogP contribution in [0.4, 0.5) is 0 Å². The highest BCUT2D eigenvalue weighted by atomic mass is 16.5. The van der Waals surface area contributed by atoms with E-state index in [9.17, 15) is 15.0 Å². The van der Waals surface area contributed by atoms with Crippen LogP contribution in [0.3, 0.4) is 0 Å². The van der Waals surface area contributed by atoms with Gasteiger partial charge in [0.25, 0.3) is 0 Å². The van der Waals surface area contributed by atoms with Gasteiger partial charge >= 0.3 is 5.97 Å². The maximum Gasteiger partial charge on any atom is 0.312 e. The molecule has 8 atom stereocenters. The van der Waals surface area contributed by atoms with E-state index in [0.29, 0.717) is 25.4 Å². The number of rotatable bonds is 1. The lowest BCUT2D eigenvalue weighted by Crippen LogP contribution is -2.63. The number of cyclic esters (lactones) is 1. The summed E-state index contributed by atoms with van der Waals surface area (Å²) in [6, 6.07) is 0. The first-order valence-corrected chi connectivity index (χ1v) is 9.54. The van der Waals surface area contributed by atoms with Gasteiger partial charge in [0, 0.05) is 12.0 Å². The van der Waals surface area contributed by atoms with Crippen molar-refractivity contribution in [1.29, 1.82) is 0 Å². The van der Waals surface area contributed by atoms with Gasteiger partial charge in [0.1, 0.15) is 0 Å². The second-order valence-electron chi connectivity index (χ2n) is 9.54. The Hall–Kier alpha value is -0.870. The summed E-state index contributed by atoms with van der Waals surface area (Å²) in [5.74, 6) is 0.905. The lowest BCUT2D eigenvalue weighted by atomic mass is 9.50. The Balaban J connectivity index is 1.74. The third-order valence-corrected chi connectivity index (χ3v) is 8.97. The second-order valence-corrected chi connectivity index (χ2v) is 9.54. The summed E-state index contributed by atoms with van der Waals surface area (Å²) in [6.45, 7) is 6.81. The van der Waals surface area contributed by atoms with Crippen molar-refractivity contribution in [3.05, 3.63) is 12.2 Å². The summed E-state index contributed by atoms with van der Waals surface area (Å²) >= 11 is 0. The number of hydrogen-bond acceptors (Lipinski definition) is 4. The highest BCUT2D eigenvalue weighted by molar-refractivity contribution is 5.80. The largest absolute Gasteiger partial charge is 0.465 e. The number of esters is 1. The van der Waals surface area contributed by atoms with Crippen LogP contribution in [0, 0.1) is 39.9 Å². The number of allylic oxidation sites excluding steroid dienone is 1. The Kier molecular flexibility index (Phi) is 2.85. The lowest BCUT2D eigenvalue weighted by Gasteiger charge is -2.57. The summed E-state index contributed by atoms with van der Waals surface area (Å²) in [5.41, 5.74) is 0.397. The molecule has 4 aliphatic carbocycles. The van der Waals surface area contributed by atoms with E-state index in [2.05, 4.69) is 13.5 Å². The molecule has 5 aliphatic rings. The standard InChI is InChI=1S/C20H28O4/c1-11-7-19-8-12(11)3-4-14(19)20-6-5-15(22)18(2,10-24-17(20)23)16(20)13(19)9-21/h12-16,21-22H,1,3-10H2,2H3/t12-,13+,14-,15-,16-,18-,19-,20-/m1/s1. The zero-order valence-corrected chi connectivity index (χ0v) is 14.5. The smallest absolute Gasteiger partial charge is 0.312 e. The number of fused-ring (bicyclic) bond motifs is 1. The van der Waals surface area contributed by atoms with Gasteiger partial charge in [0.15, 0.2) is 0 Å². The van der Waals surface area contributed by atoms with Crippen molar-refractivity contribution in [2.75, 3.05) is 13.2 Å². The first-order valence-electron chi connectivity index (χ1n) is 9.54. The maximum absolute atomic E-state index is 13.1. The summed E-state index contributed by atoms with van der Waals surface area (Å²) < 4.78 is 5.69. The highest BCUT2D eigenvalue weighted by Crippen LogP contribution is 2.78. The fourth-order valence-electron chi connectivity index (χ4n) is 8.18. The van der Waals surface area contributed by atoms with Gasteiger partial charge in [-0.25, -0.2) is 0 Å². The predicted octanol–water partition coefficient (Wildman–Crippen LogP) is 2.29. The number of hydrogen-bond donors (Lipinski definition) is 2. The minimum Gasteiger partial charge on any atom is -0.465 e. The van der Waals surface area contributed by atoms with E-state index in [1.807, 2.05) is 0 Å². The molecule has 132 valence electrons. The van der Waals surface area contributed by atoms with Crippen molar-refractivity contribution in [2.24, 2.45) is 39.9 Å². The molecule has 4 bridgehead atoms. The van der Waals surface area contributed by atoms with Gasteiger partial charge < -0.3 is 14.9 Å². The van der Waals surface area contributed by atoms with Crippen LogP contribution in [0.2, 0.25) is 0 Å². The fourth-order valence-corrected chi connectivity index (χ4v) is 8.18. The third kappa shape index (κ3) is 1.40. The molecule has 5 rings (SSSR count). The quantitative estimate of drug-likeness (QED) is 0.571. The van der Waals surface area contributed by atoms with Crippen molar-refractivity contribution >= 4 is 5.97 Å². The molecule has 2 N–H and O–H groups in total. The molecule has 1 heterocycles. The Morgan fingerprint density at radius 2 is 2.12 bits per heavy atom. The molecule has 0 aromatic rings. The van der Waals surface area contributed by atoms with Crippen molar-refractivity contribution in [2.45, 2.75) is 51.6 Å². The summed E-state index contributed by atoms with van der Waals surface area (Å²) in [6.07, 6.45) is 5.12. The third-order valence-electron chi connectivity index (χ3n) is 8.97. The summed E-state index contributed by atoms with van der Waals surface area (Å²) in [7, 11) is 0. The van der Waals surface area contributed by atoms with Gasteiger partial charge in [-0.3, -0.25) is 4.79 Å². The summed E-state index contributed by atoms with van der Waals surface area (Å²) in [5, 5.41) is 21.2. The van der Waals surface area contributed by atoms with Crippen LogP contribution in [0.15, 0.2) is 12.2 Å². The van der Waals surface area contributed by atoms with E-state index in [1.165, 1.54) is 5.57 Å². The number of ether oxygens (including phenoxy) is 1. The van der Waals surface area contributed by atoms with E-state index in [1.54, 1.807) is 0 Å². The topological polar surface area (TPSA) is 66.8 Å². The molecule has 1 aliphatic heterocycles. The van der Waals surface area contributed by atoms with Crippen LogP contribution in [0.25, 0.3) is 0 Å². The van der Waals surface area contributed by atoms with Crippen LogP contribution in [0.1, 0.15) is 45.4 Å². The molecule has 1 saturated heterocycles. The predicted molar refractivity (Wildman–Crippen MR) is 87.8 cm³/mol. The van der Waals surface area contributed by atoms with E-state index >= 15 is 0 Å². The van der Waals surface area contributed by atoms with Crippen molar-refractivity contribution in [3.63, 3.8) is 0 Å². The van der Waals surface area contributed by atoms with Crippen molar-refractivity contribution in [1.82, 2.24) is 0 Å². The molecule has 4 heteroatoms. The van der Waals surface area contributed by atoms with E-state index in [0.717, 1.165) is 25.7 Å². The number of aliphatic hydroxyl groups excluding tert-OH is 2. The van der Waals surface area contributed by atoms with Crippen LogP contribution in [-0.2, 0) is 9.53 Å². The minimum atomic E-state index is -0.491. The summed E-state index contributed by atoms with van der Waals surface area (Å²) in [4.78, 5) is 13.1. The van der Waals surface area contributed by atoms with Crippen LogP contribution in [-0.4, -0.2) is 35.5 Å². The molecule has 5 fully saturated rings. The maximum atomic E-state index is 13.1. The highest BCUT2D eigenvalue weighted by Gasteiger charge is 2.78. The van der Waals surface area contributed by atoms with Gasteiger partial charge in [0.2, 0.25) is 0 Å². The molecular weight excluding hydrogens is 304 g/mol. The van der Waals surface area contributed by atoms with Gasteiger partial charge in [0.05, 0.1) is 18.1 Å². The normalized spacial score (nSPS) is 58.2. The molecule has 0 amide bonds. The SMILES string of the molecule is C=C1C[C@]23C[C@H]1CC[C@H]2[C@@]12CC[C@@H](O)[C@@](C)(COC1=O)[C@H]2[C@@H]3CO. The molecule has 24 heavy (non-hydrogen) atoms. The van der Waals surface area contributed by atoms with Crippen molar-refractivity contribution in [3.8, 4) is 0 Å². The molecule has 0 aromatic heterocycles. The number of aliphatic hydroxyl groups is 2. The first kappa shape index (κ1) is 15.4. The molecule has 4 nitrogen and oxygen atoms in total. The second kappa shape index (κ2) is 4.45. The molecule has 1 spiro atoms. The minimum absolute atomic E-state index is 0.00586. The molecule has 0 radical (unpaired) electrons. The molecule has 0 aromatic carbocycles. The Bertz CT molecular complexity index is 629. The van der Waals surface area contributed by atoms with Gasteiger partial charge in [-0.05, 0) is 67.6 Å². The van der Waals surface area contributed by atoms with Crippen molar-refractivity contribution < 1.29 is 19.7 Å². The van der Waals surface area contributed by atoms with E-state index < -0.39 is 16.9 Å². The molecule has 4 saturated carbocycles. The first-order chi connectivity index (χ1) is 11.4. The Labute approximate surface area is 143 Å². The van der Waals surface area contributed by atoms with E-state index in [-0.39, 0.29) is 35.7 Å². The molecular formula is C20H28O4. The zero-order valence-electron chi connectivity index (χ0n) is 14.5. The fraction of sp³-hybridized carbons (Fsp3) is 0.850. The van der Waals surface area contributed by atoms with Gasteiger partial charge in [-0.1, -0.05) is 19.1 Å². The Morgan fingerprint density at radius 1 is 1.33 bits per heavy atom. The number of carbonyl (C=O) groups is 1. The monoisotopic (exact) mass is 332 g/mol. The lowest BCUT2D eigenvalue weighted by molar-refractivity contribution is -0.220. The number of carbonyl (C=O) groups excluding carboxylic acids is 1. The van der Waals surface area contributed by atoms with E-state index in [4.69, 9.17) is 4.74 Å². The van der Waals surface area contributed by atoms with Crippen LogP contribution in [0.5, 0.6) is 0 Å². The van der Waals surface area contributed by atoms with Crippen LogP contribution >= 0.6 is 0 Å². The Morgan fingerprint density at radius 3 is 2.88 bits per heavy atom. The average Bonchev–Trinajstić information content (AvgIpc) is 2.97. The van der Waals surface area contributed by atoms with Gasteiger partial charge in [-0.2, -0.15) is 0 Å². The average molecular weight is 332 g/mol. The molecule has 0 unspecified atom stereocenters.